The number of hydrogen-bond acceptors (Lipinski definition) is 8. The number of amides is 1. The number of β-lactam (4-membered cyclic amide) rings is 1. The van der Waals surface area contributed by atoms with E-state index in [1.165, 1.54) is 23.6 Å². The van der Waals surface area contributed by atoms with Gasteiger partial charge in [0, 0.05) is 6.42 Å². The zero-order chi connectivity index (χ0) is 25.1. The molecule has 0 aliphatic carbocycles. The maximum absolute atomic E-state index is 13.0. The van der Waals surface area contributed by atoms with Crippen molar-refractivity contribution in [3.63, 3.8) is 0 Å². The maximum Gasteiger partial charge on any atom is 0.378 e. The van der Waals surface area contributed by atoms with Gasteiger partial charge in [0.25, 0.3) is 5.91 Å². The number of hydrogen-bond donors (Lipinski definition) is 0. The van der Waals surface area contributed by atoms with Gasteiger partial charge in [-0.2, -0.15) is 0 Å². The van der Waals surface area contributed by atoms with Gasteiger partial charge in [-0.3, -0.25) is 14.7 Å². The Morgan fingerprint density at radius 3 is 2.50 bits per heavy atom. The third-order valence-corrected chi connectivity index (χ3v) is 8.41. The van der Waals surface area contributed by atoms with Crippen LogP contribution in [0.5, 0.6) is 0 Å². The van der Waals surface area contributed by atoms with E-state index in [0.29, 0.717) is 6.42 Å². The number of alkyl halides is 3. The van der Waals surface area contributed by atoms with Crippen LogP contribution < -0.4 is 0 Å². The standard InChI is InChI=1S/C21H24Cl3N2O6PS/c1-4-31-33(29,5-2)32-13(3)17(20(28)30-12-21(22,23)24)26-18(27)16-19(26)34-15(25-16)11-14-9-7-6-8-10-14/h6-10,16,19H,4-5,11-12H2,1-3H3. The van der Waals surface area contributed by atoms with Crippen LogP contribution in [0, 0.1) is 0 Å². The van der Waals surface area contributed by atoms with Crippen molar-refractivity contribution in [3.05, 3.63) is 47.4 Å². The number of halogens is 3. The highest BCUT2D eigenvalue weighted by atomic mass is 35.6. The van der Waals surface area contributed by atoms with Crippen molar-refractivity contribution in [2.75, 3.05) is 19.4 Å². The van der Waals surface area contributed by atoms with E-state index in [1.54, 1.807) is 13.8 Å². The zero-order valence-electron chi connectivity index (χ0n) is 18.7. The number of likely N-dealkylation sites (tertiary alicyclic amines) is 1. The van der Waals surface area contributed by atoms with Gasteiger partial charge in [-0.1, -0.05) is 83.8 Å². The summed E-state index contributed by atoms with van der Waals surface area (Å²) in [5.74, 6) is -1.45. The van der Waals surface area contributed by atoms with Gasteiger partial charge in [-0.15, -0.1) is 0 Å². The molecule has 2 heterocycles. The molecule has 1 aromatic carbocycles. The molecule has 0 N–H and O–H groups in total. The topological polar surface area (TPSA) is 94.5 Å². The van der Waals surface area contributed by atoms with Crippen molar-refractivity contribution in [1.82, 2.24) is 4.90 Å². The van der Waals surface area contributed by atoms with Crippen LogP contribution >= 0.6 is 54.2 Å². The van der Waals surface area contributed by atoms with Gasteiger partial charge in [-0.05, 0) is 19.4 Å². The van der Waals surface area contributed by atoms with Crippen LogP contribution in [0.3, 0.4) is 0 Å². The number of ether oxygens (including phenoxy) is 1. The van der Waals surface area contributed by atoms with Gasteiger partial charge >= 0.3 is 13.6 Å². The largest absolute Gasteiger partial charge is 0.456 e. The maximum atomic E-state index is 13.0. The van der Waals surface area contributed by atoms with Gasteiger partial charge in [0.1, 0.15) is 17.7 Å². The first-order chi connectivity index (χ1) is 16.0. The molecule has 1 aromatic rings. The minimum absolute atomic E-state index is 0.0632. The molecular formula is C21H24Cl3N2O6PS. The Bertz CT molecular complexity index is 1050. The number of rotatable bonds is 10. The zero-order valence-corrected chi connectivity index (χ0v) is 22.7. The van der Waals surface area contributed by atoms with Gasteiger partial charge < -0.3 is 13.8 Å². The van der Waals surface area contributed by atoms with Crippen molar-refractivity contribution in [2.45, 2.75) is 42.4 Å². The predicted octanol–water partition coefficient (Wildman–Crippen LogP) is 5.32. The van der Waals surface area contributed by atoms with Crippen molar-refractivity contribution < 1.29 is 27.9 Å². The number of fused-ring (bicyclic) bond motifs is 1. The summed E-state index contributed by atoms with van der Waals surface area (Å²) in [6.45, 7) is 4.31. The summed E-state index contributed by atoms with van der Waals surface area (Å²) in [6.07, 6.45) is 0.620. The number of benzene rings is 1. The van der Waals surface area contributed by atoms with Gasteiger partial charge in [-0.25, -0.2) is 9.36 Å². The van der Waals surface area contributed by atoms with Crippen LogP contribution in [-0.4, -0.2) is 56.4 Å². The Hall–Kier alpha value is -1.22. The fourth-order valence-electron chi connectivity index (χ4n) is 3.36. The molecule has 8 nitrogen and oxygen atoms in total. The first kappa shape index (κ1) is 27.4. The van der Waals surface area contributed by atoms with E-state index in [0.717, 1.165) is 10.6 Å². The van der Waals surface area contributed by atoms with Crippen molar-refractivity contribution >= 4 is 71.1 Å². The Morgan fingerprint density at radius 1 is 1.24 bits per heavy atom. The smallest absolute Gasteiger partial charge is 0.378 e. The van der Waals surface area contributed by atoms with E-state index in [2.05, 4.69) is 4.99 Å². The van der Waals surface area contributed by atoms with E-state index < -0.39 is 41.3 Å². The van der Waals surface area contributed by atoms with Crippen LogP contribution in [0.25, 0.3) is 0 Å². The molecule has 0 saturated carbocycles. The number of nitrogens with zero attached hydrogens (tertiary/aromatic N) is 2. The lowest BCUT2D eigenvalue weighted by atomic mass is 10.1. The summed E-state index contributed by atoms with van der Waals surface area (Å²) < 4.78 is 27.0. The summed E-state index contributed by atoms with van der Waals surface area (Å²) in [7, 11) is -3.55. The molecule has 1 amide bonds. The van der Waals surface area contributed by atoms with E-state index in [1.807, 2.05) is 30.3 Å². The predicted molar refractivity (Wildman–Crippen MR) is 134 cm³/mol. The minimum Gasteiger partial charge on any atom is -0.456 e. The van der Waals surface area contributed by atoms with Crippen molar-refractivity contribution in [1.29, 1.82) is 0 Å². The summed E-state index contributed by atoms with van der Waals surface area (Å²) in [6, 6.07) is 9.06. The molecule has 2 aliphatic heterocycles. The molecule has 0 radical (unpaired) electrons. The lowest BCUT2D eigenvalue weighted by molar-refractivity contribution is -0.150. The summed E-state index contributed by atoms with van der Waals surface area (Å²) in [4.78, 5) is 31.7. The van der Waals surface area contributed by atoms with E-state index in [9.17, 15) is 14.2 Å². The van der Waals surface area contributed by atoms with Gasteiger partial charge in [0.05, 0.1) is 17.8 Å². The van der Waals surface area contributed by atoms with Crippen LogP contribution in [-0.2, 0) is 34.4 Å². The van der Waals surface area contributed by atoms with Crippen LogP contribution in [0.4, 0.5) is 0 Å². The lowest BCUT2D eigenvalue weighted by Crippen LogP contribution is -2.61. The average molecular weight is 570 g/mol. The first-order valence-corrected chi connectivity index (χ1v) is 14.2. The summed E-state index contributed by atoms with van der Waals surface area (Å²) >= 11 is 18.5. The highest BCUT2D eigenvalue weighted by Gasteiger charge is 2.56. The molecule has 1 fully saturated rings. The van der Waals surface area contributed by atoms with Crippen LogP contribution in [0.2, 0.25) is 0 Å². The number of esters is 1. The lowest BCUT2D eigenvalue weighted by Gasteiger charge is -2.41. The van der Waals surface area contributed by atoms with Crippen LogP contribution in [0.15, 0.2) is 46.8 Å². The number of aliphatic imine (C=N–C) groups is 1. The molecule has 3 unspecified atom stereocenters. The fourth-order valence-corrected chi connectivity index (χ4v) is 6.11. The molecule has 13 heteroatoms. The molecule has 0 aromatic heterocycles. The first-order valence-electron chi connectivity index (χ1n) is 10.5. The Kier molecular flexibility index (Phi) is 9.04. The molecule has 34 heavy (non-hydrogen) atoms. The van der Waals surface area contributed by atoms with Gasteiger partial charge in [0.15, 0.2) is 11.7 Å². The Labute approximate surface area is 217 Å². The van der Waals surface area contributed by atoms with E-state index >= 15 is 0 Å². The highest BCUT2D eigenvalue weighted by Crippen LogP contribution is 2.51. The van der Waals surface area contributed by atoms with E-state index in [4.69, 9.17) is 48.6 Å². The molecule has 1 saturated heterocycles. The second kappa shape index (κ2) is 11.2. The minimum atomic E-state index is -3.55. The summed E-state index contributed by atoms with van der Waals surface area (Å²) in [5.41, 5.74) is 0.824. The number of thioether (sulfide) groups is 1. The van der Waals surface area contributed by atoms with Crippen molar-refractivity contribution in [2.24, 2.45) is 4.99 Å². The second-order valence-corrected chi connectivity index (χ2v) is 13.4. The normalized spacial score (nSPS) is 22.2. The molecule has 0 spiro atoms. The molecular weight excluding hydrogens is 546 g/mol. The number of carbonyl (C=O) groups excluding carboxylic acids is 2. The van der Waals surface area contributed by atoms with Gasteiger partial charge in [0.2, 0.25) is 3.79 Å². The second-order valence-electron chi connectivity index (χ2n) is 7.38. The quantitative estimate of drug-likeness (QED) is 0.0940. The number of carbonyl (C=O) groups is 2. The Morgan fingerprint density at radius 2 is 1.91 bits per heavy atom. The monoisotopic (exact) mass is 568 g/mol. The molecule has 2 aliphatic rings. The van der Waals surface area contributed by atoms with Crippen molar-refractivity contribution in [3.8, 4) is 0 Å². The molecule has 3 atom stereocenters. The molecule has 0 bridgehead atoms. The van der Waals surface area contributed by atoms with E-state index in [-0.39, 0.29) is 24.2 Å². The Balaban J connectivity index is 1.86. The SMILES string of the molecule is CCOP(=O)(CC)OC(C)=C(C(=O)OCC(Cl)(Cl)Cl)N1C(=O)C2N=C(Cc3ccccc3)SC21. The molecule has 3 rings (SSSR count). The van der Waals surface area contributed by atoms with Crippen LogP contribution in [0.1, 0.15) is 26.3 Å². The third-order valence-electron chi connectivity index (χ3n) is 4.88. The summed E-state index contributed by atoms with van der Waals surface area (Å²) in [5, 5.41) is 0.284. The number of allylic oxidation sites excluding steroid dienone is 1. The fraction of sp³-hybridized carbons (Fsp3) is 0.476. The average Bonchev–Trinajstić information content (AvgIpc) is 3.14. The third kappa shape index (κ3) is 6.50. The molecule has 186 valence electrons. The highest BCUT2D eigenvalue weighted by molar-refractivity contribution is 8.14.